The quantitative estimate of drug-likeness (QED) is 0.223. The van der Waals surface area contributed by atoms with Crippen LogP contribution in [0.5, 0.6) is 0 Å². The molecule has 3 aromatic carbocycles. The van der Waals surface area contributed by atoms with E-state index in [9.17, 15) is 0 Å². The van der Waals surface area contributed by atoms with Crippen LogP contribution in [0.2, 0.25) is 5.02 Å². The van der Waals surface area contributed by atoms with Crippen LogP contribution in [0.3, 0.4) is 0 Å². The first kappa shape index (κ1) is 26.0. The molecule has 1 saturated carbocycles. The van der Waals surface area contributed by atoms with Crippen LogP contribution in [0, 0.1) is 5.92 Å². The number of benzene rings is 3. The van der Waals surface area contributed by atoms with E-state index in [4.69, 9.17) is 11.6 Å². The summed E-state index contributed by atoms with van der Waals surface area (Å²) in [5.74, 6) is 1.67. The van der Waals surface area contributed by atoms with Crippen molar-refractivity contribution in [3.05, 3.63) is 106 Å². The van der Waals surface area contributed by atoms with Gasteiger partial charge in [0.15, 0.2) is 0 Å². The summed E-state index contributed by atoms with van der Waals surface area (Å²) in [5, 5.41) is 0.814. The van der Waals surface area contributed by atoms with E-state index in [1.807, 2.05) is 12.1 Å². The molecule has 0 unspecified atom stereocenters. The first-order chi connectivity index (χ1) is 17.2. The van der Waals surface area contributed by atoms with Gasteiger partial charge in [-0.1, -0.05) is 98.5 Å². The van der Waals surface area contributed by atoms with Gasteiger partial charge in [0.25, 0.3) is 0 Å². The molecule has 1 aliphatic carbocycles. The molecule has 0 amide bonds. The highest BCUT2D eigenvalue weighted by molar-refractivity contribution is 6.30. The Hall–Kier alpha value is -2.05. The fourth-order valence-electron chi connectivity index (χ4n) is 5.68. The van der Waals surface area contributed by atoms with Crippen molar-refractivity contribution in [1.29, 1.82) is 0 Å². The van der Waals surface area contributed by atoms with Gasteiger partial charge in [0.05, 0.1) is 0 Å². The molecule has 0 saturated heterocycles. The fourth-order valence-corrected chi connectivity index (χ4v) is 5.81. The van der Waals surface area contributed by atoms with Crippen LogP contribution in [-0.4, -0.2) is 0 Å². The lowest BCUT2D eigenvalue weighted by Crippen LogP contribution is -2.14. The zero-order chi connectivity index (χ0) is 24.3. The first-order valence-corrected chi connectivity index (χ1v) is 14.5. The number of hydrogen-bond acceptors (Lipinski definition) is 0. The van der Waals surface area contributed by atoms with E-state index in [0.717, 1.165) is 29.7 Å². The molecule has 0 heterocycles. The second kappa shape index (κ2) is 13.9. The zero-order valence-corrected chi connectivity index (χ0v) is 22.4. The van der Waals surface area contributed by atoms with Crippen molar-refractivity contribution in [1.82, 2.24) is 0 Å². The predicted octanol–water partition coefficient (Wildman–Crippen LogP) is 10.2. The Labute approximate surface area is 219 Å². The van der Waals surface area contributed by atoms with Gasteiger partial charge in [-0.25, -0.2) is 0 Å². The maximum Gasteiger partial charge on any atom is 0.0406 e. The minimum absolute atomic E-state index is 0.778. The molecule has 3 aromatic rings. The second-order valence-corrected chi connectivity index (χ2v) is 11.2. The molecule has 35 heavy (non-hydrogen) atoms. The van der Waals surface area contributed by atoms with Crippen molar-refractivity contribution >= 4 is 11.6 Å². The summed E-state index contributed by atoms with van der Waals surface area (Å²) in [6.45, 7) is 2.28. The highest BCUT2D eigenvalue weighted by Gasteiger charge is 2.22. The van der Waals surface area contributed by atoms with E-state index in [0.29, 0.717) is 0 Å². The Morgan fingerprint density at radius 3 is 1.69 bits per heavy atom. The van der Waals surface area contributed by atoms with E-state index >= 15 is 0 Å². The van der Waals surface area contributed by atoms with Gasteiger partial charge in [0.1, 0.15) is 0 Å². The molecule has 0 bridgehead atoms. The van der Waals surface area contributed by atoms with Crippen molar-refractivity contribution in [2.24, 2.45) is 5.92 Å². The van der Waals surface area contributed by atoms with Crippen LogP contribution >= 0.6 is 11.6 Å². The Kier molecular flexibility index (Phi) is 10.3. The Bertz CT molecular complexity index is 976. The summed E-state index contributed by atoms with van der Waals surface area (Å²) in [5.41, 5.74) is 7.38. The first-order valence-electron chi connectivity index (χ1n) is 14.1. The standard InChI is InChI=1S/C34H43Cl/c1-2-3-4-5-6-27-15-21-32(22-16-27)33-23-17-30(18-24-33)13-11-28-7-9-29(10-8-28)12-14-31-19-25-34(35)26-20-31/h7-10,15-16,19-22,25-26,30,33H,2-6,11-14,17-18,23-24H2,1H3/t30-,33-. The van der Waals surface area contributed by atoms with Gasteiger partial charge in [-0.3, -0.25) is 0 Å². The molecule has 0 aliphatic heterocycles. The van der Waals surface area contributed by atoms with Gasteiger partial charge >= 0.3 is 0 Å². The maximum absolute atomic E-state index is 5.99. The van der Waals surface area contributed by atoms with Gasteiger partial charge in [-0.2, -0.15) is 0 Å². The zero-order valence-electron chi connectivity index (χ0n) is 21.7. The van der Waals surface area contributed by atoms with E-state index < -0.39 is 0 Å². The van der Waals surface area contributed by atoms with Gasteiger partial charge in [0, 0.05) is 5.02 Å². The highest BCUT2D eigenvalue weighted by Crippen LogP contribution is 2.37. The lowest BCUT2D eigenvalue weighted by Gasteiger charge is -2.29. The Balaban J connectivity index is 1.15. The minimum Gasteiger partial charge on any atom is -0.0843 e. The molecular formula is C34H43Cl. The number of aryl methyl sites for hydroxylation is 4. The number of rotatable bonds is 12. The van der Waals surface area contributed by atoms with Crippen molar-refractivity contribution < 1.29 is 0 Å². The third-order valence-corrected chi connectivity index (χ3v) is 8.35. The lowest BCUT2D eigenvalue weighted by atomic mass is 9.76. The van der Waals surface area contributed by atoms with Crippen LogP contribution in [0.1, 0.15) is 98.4 Å². The molecule has 0 radical (unpaired) electrons. The monoisotopic (exact) mass is 486 g/mol. The highest BCUT2D eigenvalue weighted by atomic mass is 35.5. The molecule has 0 nitrogen and oxygen atoms in total. The van der Waals surface area contributed by atoms with Crippen LogP contribution in [0.15, 0.2) is 72.8 Å². The molecular weight excluding hydrogens is 444 g/mol. The third-order valence-electron chi connectivity index (χ3n) is 8.10. The van der Waals surface area contributed by atoms with Crippen molar-refractivity contribution in [2.45, 2.75) is 96.3 Å². The number of unbranched alkanes of at least 4 members (excludes halogenated alkanes) is 3. The maximum atomic E-state index is 5.99. The summed E-state index contributed by atoms with van der Waals surface area (Å²) < 4.78 is 0. The number of hydrogen-bond donors (Lipinski definition) is 0. The van der Waals surface area contributed by atoms with Gasteiger partial charge in [0.2, 0.25) is 0 Å². The topological polar surface area (TPSA) is 0 Å². The van der Waals surface area contributed by atoms with Crippen molar-refractivity contribution in [2.75, 3.05) is 0 Å². The molecule has 0 aromatic heterocycles. The van der Waals surface area contributed by atoms with E-state index in [2.05, 4.69) is 67.6 Å². The Morgan fingerprint density at radius 1 is 0.571 bits per heavy atom. The predicted molar refractivity (Wildman–Crippen MR) is 153 cm³/mol. The normalized spacial score (nSPS) is 18.0. The van der Waals surface area contributed by atoms with Gasteiger partial charge in [-0.05, 0) is 116 Å². The van der Waals surface area contributed by atoms with Gasteiger partial charge < -0.3 is 0 Å². The molecule has 4 rings (SSSR count). The van der Waals surface area contributed by atoms with Crippen LogP contribution < -0.4 is 0 Å². The van der Waals surface area contributed by atoms with E-state index in [1.165, 1.54) is 92.9 Å². The number of halogens is 1. The summed E-state index contributed by atoms with van der Waals surface area (Å²) in [6, 6.07) is 27.2. The van der Waals surface area contributed by atoms with E-state index in [1.54, 1.807) is 5.56 Å². The molecule has 1 aliphatic rings. The van der Waals surface area contributed by atoms with Crippen LogP contribution in [0.25, 0.3) is 0 Å². The largest absolute Gasteiger partial charge is 0.0843 e. The lowest BCUT2D eigenvalue weighted by molar-refractivity contribution is 0.310. The molecule has 1 heteroatoms. The van der Waals surface area contributed by atoms with Crippen molar-refractivity contribution in [3.63, 3.8) is 0 Å². The summed E-state index contributed by atoms with van der Waals surface area (Å²) in [4.78, 5) is 0. The second-order valence-electron chi connectivity index (χ2n) is 10.8. The summed E-state index contributed by atoms with van der Waals surface area (Å²) in [6.07, 6.45) is 16.9. The average Bonchev–Trinajstić information content (AvgIpc) is 2.91. The fraction of sp³-hybridized carbons (Fsp3) is 0.471. The molecule has 0 N–H and O–H groups in total. The molecule has 0 atom stereocenters. The molecule has 186 valence electrons. The van der Waals surface area contributed by atoms with Crippen molar-refractivity contribution in [3.8, 4) is 0 Å². The van der Waals surface area contributed by atoms with Gasteiger partial charge in [-0.15, -0.1) is 0 Å². The third kappa shape index (κ3) is 8.53. The SMILES string of the molecule is CCCCCCc1ccc([C@H]2CC[C@H](CCc3ccc(CCc4ccc(Cl)cc4)cc3)CC2)cc1. The average molecular weight is 487 g/mol. The van der Waals surface area contributed by atoms with E-state index in [-0.39, 0.29) is 0 Å². The minimum atomic E-state index is 0.778. The summed E-state index contributed by atoms with van der Waals surface area (Å²) >= 11 is 5.99. The van der Waals surface area contributed by atoms with Crippen LogP contribution in [-0.2, 0) is 25.7 Å². The van der Waals surface area contributed by atoms with Crippen LogP contribution in [0.4, 0.5) is 0 Å². The summed E-state index contributed by atoms with van der Waals surface area (Å²) in [7, 11) is 0. The molecule has 1 fully saturated rings. The molecule has 0 spiro atoms. The smallest absolute Gasteiger partial charge is 0.0406 e. The Morgan fingerprint density at radius 2 is 1.09 bits per heavy atom.